The SMILES string of the molecule is CO[C@@H]1[C@@H](O)[C@@H](O[C@H]2CC[C@]3(C)[C@H]4CC[C@]5(C)[C@@H](C6=CC(=O)OC6)CC[C@]5(O)[C@@H]4CC[C@]3(O)C2)O[C@H](C)[C@@H]1O[C@@H]1O[C@H](C)[C@@H](O)[C@H](O)[C@H]1O. The molecule has 0 spiro atoms. The van der Waals surface area contributed by atoms with Crippen LogP contribution in [0.4, 0.5) is 0 Å². The van der Waals surface area contributed by atoms with Gasteiger partial charge in [0.1, 0.15) is 43.2 Å². The Morgan fingerprint density at radius 1 is 0.755 bits per heavy atom. The Hall–Kier alpha value is -1.23. The van der Waals surface area contributed by atoms with Gasteiger partial charge in [0.15, 0.2) is 12.6 Å². The Balaban J connectivity index is 1.02. The van der Waals surface area contributed by atoms with Gasteiger partial charge >= 0.3 is 5.97 Å². The Bertz CT molecular complexity index is 1300. The van der Waals surface area contributed by atoms with Gasteiger partial charge in [-0.2, -0.15) is 0 Å². The smallest absolute Gasteiger partial charge is 0.331 e. The molecular weight excluding hydrogens is 640 g/mol. The highest BCUT2D eigenvalue weighted by Gasteiger charge is 2.70. The first kappa shape index (κ1) is 36.1. The summed E-state index contributed by atoms with van der Waals surface area (Å²) in [6.45, 7) is 7.98. The zero-order valence-corrected chi connectivity index (χ0v) is 29.3. The monoisotopic (exact) mass is 696 g/mol. The molecule has 2 saturated heterocycles. The van der Waals surface area contributed by atoms with E-state index in [1.165, 1.54) is 7.11 Å². The van der Waals surface area contributed by atoms with E-state index in [0.29, 0.717) is 45.1 Å². The minimum atomic E-state index is -1.52. The van der Waals surface area contributed by atoms with Crippen molar-refractivity contribution in [1.82, 2.24) is 0 Å². The highest BCUT2D eigenvalue weighted by molar-refractivity contribution is 5.85. The van der Waals surface area contributed by atoms with E-state index in [-0.39, 0.29) is 29.1 Å². The number of carbonyl (C=O) groups is 1. The third-order valence-electron chi connectivity index (χ3n) is 14.5. The molecule has 7 rings (SSSR count). The van der Waals surface area contributed by atoms with Crippen molar-refractivity contribution in [2.24, 2.45) is 28.6 Å². The van der Waals surface area contributed by atoms with Crippen molar-refractivity contribution >= 4 is 5.97 Å². The quantitative estimate of drug-likeness (QED) is 0.171. The number of hydrogen-bond acceptors (Lipinski definition) is 13. The summed E-state index contributed by atoms with van der Waals surface area (Å²) in [4.78, 5) is 11.9. The van der Waals surface area contributed by atoms with Crippen molar-refractivity contribution in [1.29, 1.82) is 0 Å². The number of fused-ring (bicyclic) bond motifs is 5. The highest BCUT2D eigenvalue weighted by Crippen LogP contribution is 2.70. The molecule has 0 radical (unpaired) electrons. The minimum Gasteiger partial charge on any atom is -0.458 e. The molecule has 13 nitrogen and oxygen atoms in total. The minimum absolute atomic E-state index is 0.0420. The zero-order chi connectivity index (χ0) is 35.3. The number of ether oxygens (including phenoxy) is 6. The summed E-state index contributed by atoms with van der Waals surface area (Å²) in [5.41, 5.74) is -1.70. The largest absolute Gasteiger partial charge is 0.458 e. The Morgan fingerprint density at radius 2 is 1.43 bits per heavy atom. The average molecular weight is 697 g/mol. The van der Waals surface area contributed by atoms with Gasteiger partial charge in [-0.25, -0.2) is 4.79 Å². The number of esters is 1. The predicted molar refractivity (Wildman–Crippen MR) is 170 cm³/mol. The van der Waals surface area contributed by atoms with Gasteiger partial charge in [0.2, 0.25) is 0 Å². The number of cyclic esters (lactones) is 1. The first-order valence-electron chi connectivity index (χ1n) is 18.3. The van der Waals surface area contributed by atoms with Gasteiger partial charge < -0.3 is 59.1 Å². The molecule has 0 amide bonds. The Morgan fingerprint density at radius 3 is 2.12 bits per heavy atom. The van der Waals surface area contributed by atoms with Gasteiger partial charge in [-0.1, -0.05) is 13.8 Å². The van der Waals surface area contributed by atoms with Crippen molar-refractivity contribution in [3.8, 4) is 0 Å². The maximum absolute atomic E-state index is 12.5. The lowest BCUT2D eigenvalue weighted by Gasteiger charge is -2.66. The molecule has 6 N–H and O–H groups in total. The van der Waals surface area contributed by atoms with E-state index in [9.17, 15) is 35.4 Å². The molecule has 49 heavy (non-hydrogen) atoms. The molecule has 0 aromatic carbocycles. The Kier molecular flexibility index (Phi) is 9.38. The van der Waals surface area contributed by atoms with Crippen LogP contribution in [0.2, 0.25) is 0 Å². The molecule has 0 bridgehead atoms. The number of carbonyl (C=O) groups excluding carboxylic acids is 1. The second-order valence-electron chi connectivity index (χ2n) is 16.7. The lowest BCUT2D eigenvalue weighted by Crippen LogP contribution is -2.68. The van der Waals surface area contributed by atoms with Crippen molar-refractivity contribution in [3.63, 3.8) is 0 Å². The van der Waals surface area contributed by atoms with Gasteiger partial charge in [0.05, 0.1) is 29.5 Å². The van der Waals surface area contributed by atoms with E-state index in [0.717, 1.165) is 24.8 Å². The summed E-state index contributed by atoms with van der Waals surface area (Å²) in [6.07, 6.45) is -3.79. The van der Waals surface area contributed by atoms with E-state index in [2.05, 4.69) is 13.8 Å². The van der Waals surface area contributed by atoms with Gasteiger partial charge in [0.25, 0.3) is 0 Å². The van der Waals surface area contributed by atoms with Crippen molar-refractivity contribution in [2.45, 2.75) is 164 Å². The summed E-state index contributed by atoms with van der Waals surface area (Å²) >= 11 is 0. The highest BCUT2D eigenvalue weighted by atomic mass is 16.7. The second-order valence-corrected chi connectivity index (χ2v) is 16.7. The fourth-order valence-electron chi connectivity index (χ4n) is 11.5. The van der Waals surface area contributed by atoms with E-state index < -0.39 is 84.1 Å². The lowest BCUT2D eigenvalue weighted by atomic mass is 9.42. The van der Waals surface area contributed by atoms with E-state index in [1.54, 1.807) is 19.9 Å². The van der Waals surface area contributed by atoms with Crippen molar-refractivity contribution in [3.05, 3.63) is 11.6 Å². The standard InChI is InChI=1S/C36H56O13/c1-17-25(38)26(39)27(40)31(46-17)49-29-18(2)47-32(28(41)30(29)44-5)48-20-6-10-33(3)22-7-11-34(4)21(19-14-24(37)45-16-19)9-13-36(34,43)23(22)8-12-35(33,42)15-20/h14,17-18,20-23,25-32,38-43H,6-13,15-16H2,1-5H3/t17-,18-,20+,21-,22+,23-,25-,26+,27-,28-,29+,30-,31+,32-,33-,34-,35+,36+/m1/s1. The molecule has 278 valence electrons. The van der Waals surface area contributed by atoms with Gasteiger partial charge in [-0.05, 0) is 94.0 Å². The fraction of sp³-hybridized carbons (Fsp3) is 0.917. The molecule has 0 unspecified atom stereocenters. The van der Waals surface area contributed by atoms with Crippen LogP contribution in [0.25, 0.3) is 0 Å². The molecule has 0 aromatic heterocycles. The van der Waals surface area contributed by atoms with Crippen LogP contribution in [0.3, 0.4) is 0 Å². The maximum atomic E-state index is 12.5. The normalized spacial score (nSPS) is 56.0. The van der Waals surface area contributed by atoms with Crippen LogP contribution in [0.5, 0.6) is 0 Å². The van der Waals surface area contributed by atoms with Crippen LogP contribution in [0.1, 0.15) is 85.5 Å². The first-order chi connectivity index (χ1) is 23.1. The summed E-state index contributed by atoms with van der Waals surface area (Å²) in [5, 5.41) is 67.1. The van der Waals surface area contributed by atoms with Crippen molar-refractivity contribution in [2.75, 3.05) is 13.7 Å². The molecular formula is C36H56O13. The summed E-state index contributed by atoms with van der Waals surface area (Å²) in [6, 6.07) is 0. The number of rotatable bonds is 6. The van der Waals surface area contributed by atoms with Crippen LogP contribution >= 0.6 is 0 Å². The van der Waals surface area contributed by atoms with Gasteiger partial charge in [0, 0.05) is 25.0 Å². The molecule has 18 atom stereocenters. The van der Waals surface area contributed by atoms with Crippen molar-refractivity contribution < 1.29 is 63.9 Å². The zero-order valence-electron chi connectivity index (χ0n) is 29.3. The van der Waals surface area contributed by atoms with E-state index >= 15 is 0 Å². The first-order valence-corrected chi connectivity index (χ1v) is 18.3. The molecule has 7 aliphatic rings. The third-order valence-corrected chi connectivity index (χ3v) is 14.5. The molecule has 3 heterocycles. The molecule has 4 saturated carbocycles. The lowest BCUT2D eigenvalue weighted by molar-refractivity contribution is -0.361. The Labute approximate surface area is 287 Å². The number of hydrogen-bond donors (Lipinski definition) is 6. The van der Waals surface area contributed by atoms with Gasteiger partial charge in [-0.15, -0.1) is 0 Å². The summed E-state index contributed by atoms with van der Waals surface area (Å²) in [5.74, 6) is -0.0164. The average Bonchev–Trinajstić information content (AvgIpc) is 3.60. The van der Waals surface area contributed by atoms with E-state index in [1.807, 2.05) is 0 Å². The molecule has 3 aliphatic heterocycles. The van der Waals surface area contributed by atoms with Crippen LogP contribution in [-0.4, -0.2) is 129 Å². The van der Waals surface area contributed by atoms with Crippen LogP contribution in [-0.2, 0) is 33.2 Å². The second kappa shape index (κ2) is 12.7. The van der Waals surface area contributed by atoms with Gasteiger partial charge in [-0.3, -0.25) is 0 Å². The predicted octanol–water partition coefficient (Wildman–Crippen LogP) is 1.08. The molecule has 4 aliphatic carbocycles. The number of aliphatic hydroxyl groups is 6. The molecule has 6 fully saturated rings. The third kappa shape index (κ3) is 5.48. The summed E-state index contributed by atoms with van der Waals surface area (Å²) < 4.78 is 35.1. The van der Waals surface area contributed by atoms with Crippen LogP contribution in [0.15, 0.2) is 11.6 Å². The topological polar surface area (TPSA) is 194 Å². The maximum Gasteiger partial charge on any atom is 0.331 e. The number of aliphatic hydroxyl groups excluding tert-OH is 4. The van der Waals surface area contributed by atoms with Crippen LogP contribution < -0.4 is 0 Å². The molecule has 0 aromatic rings. The van der Waals surface area contributed by atoms with Crippen LogP contribution in [0, 0.1) is 28.6 Å². The van der Waals surface area contributed by atoms with E-state index in [4.69, 9.17) is 28.4 Å². The fourth-order valence-corrected chi connectivity index (χ4v) is 11.5. The summed E-state index contributed by atoms with van der Waals surface area (Å²) in [7, 11) is 1.43. The molecule has 13 heteroatoms. The number of methoxy groups -OCH3 is 1.